The molecule has 0 radical (unpaired) electrons. The molecule has 0 aromatic carbocycles. The Morgan fingerprint density at radius 3 is 3.07 bits per heavy atom. The predicted octanol–water partition coefficient (Wildman–Crippen LogP) is 2.67. The van der Waals surface area contributed by atoms with E-state index in [9.17, 15) is 4.79 Å². The fourth-order valence-corrected chi connectivity index (χ4v) is 2.52. The van der Waals surface area contributed by atoms with Crippen LogP contribution in [0.1, 0.15) is 23.0 Å². The van der Waals surface area contributed by atoms with E-state index < -0.39 is 0 Å². The zero-order chi connectivity index (χ0) is 11.1. The third kappa shape index (κ3) is 4.32. The Hall–Kier alpha value is -0.390. The smallest absolute Gasteiger partial charge is 0.262 e. The predicted molar refractivity (Wildman–Crippen MR) is 65.5 cm³/mol. The summed E-state index contributed by atoms with van der Waals surface area (Å²) in [4.78, 5) is 12.3. The lowest BCUT2D eigenvalue weighted by Crippen LogP contribution is -2.24. The number of nitrogens with one attached hydrogen (secondary N) is 1. The van der Waals surface area contributed by atoms with E-state index in [-0.39, 0.29) is 5.91 Å². The molecule has 0 fully saturated rings. The van der Waals surface area contributed by atoms with Gasteiger partial charge in [-0.05, 0) is 40.7 Å². The van der Waals surface area contributed by atoms with Crippen LogP contribution < -0.4 is 5.32 Å². The number of thiophene rings is 1. The summed E-state index contributed by atoms with van der Waals surface area (Å²) in [5, 5.41) is 4.73. The molecular weight excluding hydrogens is 278 g/mol. The number of carbonyl (C=O) groups excluding carboxylic acids is 1. The highest BCUT2D eigenvalue weighted by atomic mass is 79.9. The van der Waals surface area contributed by atoms with Gasteiger partial charge in [-0.25, -0.2) is 0 Å². The first-order valence-electron chi connectivity index (χ1n) is 4.84. The minimum Gasteiger partial charge on any atom is -0.382 e. The first kappa shape index (κ1) is 12.7. The molecule has 1 heterocycles. The summed E-state index contributed by atoms with van der Waals surface area (Å²) in [6, 6.07) is 1.87. The van der Waals surface area contributed by atoms with E-state index >= 15 is 0 Å². The molecule has 0 spiro atoms. The molecule has 0 aliphatic carbocycles. The monoisotopic (exact) mass is 291 g/mol. The van der Waals surface area contributed by atoms with Gasteiger partial charge in [-0.1, -0.05) is 0 Å². The standard InChI is InChI=1S/C10H14BrNO2S/c1-2-14-6-3-5-12-10(13)9-8(11)4-7-15-9/h4,7H,2-3,5-6H2,1H3,(H,12,13). The van der Waals surface area contributed by atoms with Gasteiger partial charge in [0.25, 0.3) is 5.91 Å². The summed E-state index contributed by atoms with van der Waals surface area (Å²) >= 11 is 4.76. The van der Waals surface area contributed by atoms with Gasteiger partial charge in [0, 0.05) is 24.2 Å². The van der Waals surface area contributed by atoms with Crippen LogP contribution in [0.25, 0.3) is 0 Å². The van der Waals surface area contributed by atoms with E-state index in [4.69, 9.17) is 4.74 Å². The van der Waals surface area contributed by atoms with Crippen LogP contribution in [0.4, 0.5) is 0 Å². The van der Waals surface area contributed by atoms with Crippen molar-refractivity contribution in [2.45, 2.75) is 13.3 Å². The molecule has 0 saturated heterocycles. The summed E-state index contributed by atoms with van der Waals surface area (Å²) in [5.41, 5.74) is 0. The van der Waals surface area contributed by atoms with Crippen LogP contribution in [0.3, 0.4) is 0 Å². The number of carbonyl (C=O) groups is 1. The molecule has 3 nitrogen and oxygen atoms in total. The zero-order valence-electron chi connectivity index (χ0n) is 8.59. The van der Waals surface area contributed by atoms with Gasteiger partial charge < -0.3 is 10.1 Å². The van der Waals surface area contributed by atoms with E-state index in [1.807, 2.05) is 18.4 Å². The lowest BCUT2D eigenvalue weighted by molar-refractivity contribution is 0.0947. The van der Waals surface area contributed by atoms with E-state index in [0.717, 1.165) is 22.4 Å². The van der Waals surface area contributed by atoms with Crippen LogP contribution in [0.5, 0.6) is 0 Å². The molecule has 1 N–H and O–H groups in total. The quantitative estimate of drug-likeness (QED) is 0.819. The molecule has 1 aromatic heterocycles. The van der Waals surface area contributed by atoms with Crippen LogP contribution in [0.2, 0.25) is 0 Å². The van der Waals surface area contributed by atoms with Crippen molar-refractivity contribution < 1.29 is 9.53 Å². The van der Waals surface area contributed by atoms with Crippen LogP contribution >= 0.6 is 27.3 Å². The minimum absolute atomic E-state index is 0.0200. The van der Waals surface area contributed by atoms with Gasteiger partial charge in [0.1, 0.15) is 4.88 Å². The van der Waals surface area contributed by atoms with Crippen molar-refractivity contribution in [2.24, 2.45) is 0 Å². The van der Waals surface area contributed by atoms with Crippen LogP contribution in [0.15, 0.2) is 15.9 Å². The molecule has 0 aliphatic heterocycles. The van der Waals surface area contributed by atoms with E-state index in [0.29, 0.717) is 13.2 Å². The molecule has 0 unspecified atom stereocenters. The Morgan fingerprint density at radius 2 is 2.47 bits per heavy atom. The topological polar surface area (TPSA) is 38.3 Å². The summed E-state index contributed by atoms with van der Waals surface area (Å²) in [6.45, 7) is 4.04. The summed E-state index contributed by atoms with van der Waals surface area (Å²) in [5.74, 6) is -0.0200. The number of halogens is 1. The third-order valence-electron chi connectivity index (χ3n) is 1.78. The van der Waals surface area contributed by atoms with E-state index in [1.54, 1.807) is 0 Å². The highest BCUT2D eigenvalue weighted by Crippen LogP contribution is 2.22. The van der Waals surface area contributed by atoms with Gasteiger partial charge in [0.2, 0.25) is 0 Å². The van der Waals surface area contributed by atoms with Crippen LogP contribution in [-0.2, 0) is 4.74 Å². The molecule has 0 saturated carbocycles. The number of hydrogen-bond donors (Lipinski definition) is 1. The number of ether oxygens (including phenoxy) is 1. The molecule has 84 valence electrons. The highest BCUT2D eigenvalue weighted by molar-refractivity contribution is 9.10. The number of rotatable bonds is 6. The van der Waals surface area contributed by atoms with Gasteiger partial charge in [-0.15, -0.1) is 11.3 Å². The highest BCUT2D eigenvalue weighted by Gasteiger charge is 2.09. The first-order chi connectivity index (χ1) is 7.25. The number of hydrogen-bond acceptors (Lipinski definition) is 3. The van der Waals surface area contributed by atoms with Crippen molar-refractivity contribution in [1.82, 2.24) is 5.32 Å². The molecule has 1 amide bonds. The Morgan fingerprint density at radius 1 is 1.67 bits per heavy atom. The summed E-state index contributed by atoms with van der Waals surface area (Å²) in [6.07, 6.45) is 0.850. The number of amides is 1. The summed E-state index contributed by atoms with van der Waals surface area (Å²) in [7, 11) is 0. The van der Waals surface area contributed by atoms with Gasteiger partial charge in [-0.2, -0.15) is 0 Å². The Bertz CT molecular complexity index is 314. The molecule has 0 aliphatic rings. The van der Waals surface area contributed by atoms with E-state index in [2.05, 4.69) is 21.2 Å². The van der Waals surface area contributed by atoms with Gasteiger partial charge in [0.15, 0.2) is 0 Å². The maximum absolute atomic E-state index is 11.6. The van der Waals surface area contributed by atoms with Gasteiger partial charge >= 0.3 is 0 Å². The summed E-state index contributed by atoms with van der Waals surface area (Å²) < 4.78 is 6.03. The fourth-order valence-electron chi connectivity index (χ4n) is 1.06. The van der Waals surface area contributed by atoms with Crippen molar-refractivity contribution >= 4 is 33.2 Å². The molecule has 15 heavy (non-hydrogen) atoms. The average molecular weight is 292 g/mol. The van der Waals surface area contributed by atoms with E-state index in [1.165, 1.54) is 11.3 Å². The SMILES string of the molecule is CCOCCCNC(=O)c1sccc1Br. The van der Waals surface area contributed by atoms with Crippen molar-refractivity contribution in [3.63, 3.8) is 0 Å². The molecular formula is C10H14BrNO2S. The Labute approximate surface area is 102 Å². The largest absolute Gasteiger partial charge is 0.382 e. The normalized spacial score (nSPS) is 10.3. The molecule has 0 atom stereocenters. The van der Waals surface area contributed by atoms with Crippen molar-refractivity contribution in [3.8, 4) is 0 Å². The first-order valence-corrected chi connectivity index (χ1v) is 6.52. The van der Waals surface area contributed by atoms with Gasteiger partial charge in [0.05, 0.1) is 0 Å². The lowest BCUT2D eigenvalue weighted by atomic mass is 10.4. The maximum atomic E-state index is 11.6. The Kier molecular flexibility index (Phi) is 5.90. The maximum Gasteiger partial charge on any atom is 0.262 e. The van der Waals surface area contributed by atoms with Crippen molar-refractivity contribution in [1.29, 1.82) is 0 Å². The van der Waals surface area contributed by atoms with Crippen LogP contribution in [-0.4, -0.2) is 25.7 Å². The van der Waals surface area contributed by atoms with Gasteiger partial charge in [-0.3, -0.25) is 4.79 Å². The molecule has 1 aromatic rings. The Balaban J connectivity index is 2.22. The fraction of sp³-hybridized carbons (Fsp3) is 0.500. The van der Waals surface area contributed by atoms with Crippen molar-refractivity contribution in [3.05, 3.63) is 20.8 Å². The third-order valence-corrected chi connectivity index (χ3v) is 3.61. The second-order valence-electron chi connectivity index (χ2n) is 2.90. The lowest BCUT2D eigenvalue weighted by Gasteiger charge is -2.04. The second-order valence-corrected chi connectivity index (χ2v) is 4.67. The molecule has 0 bridgehead atoms. The second kappa shape index (κ2) is 6.98. The molecule has 5 heteroatoms. The van der Waals surface area contributed by atoms with Crippen LogP contribution in [0, 0.1) is 0 Å². The van der Waals surface area contributed by atoms with Crippen molar-refractivity contribution in [2.75, 3.05) is 19.8 Å². The minimum atomic E-state index is -0.0200. The zero-order valence-corrected chi connectivity index (χ0v) is 11.0. The molecule has 1 rings (SSSR count). The average Bonchev–Trinajstić information content (AvgIpc) is 2.64.